The average molecular weight is 360 g/mol. The quantitative estimate of drug-likeness (QED) is 0.679. The van der Waals surface area contributed by atoms with Gasteiger partial charge in [-0.3, -0.25) is 4.79 Å². The fourth-order valence-electron chi connectivity index (χ4n) is 2.12. The zero-order valence-corrected chi connectivity index (χ0v) is 14.9. The first kappa shape index (κ1) is 16.7. The number of rotatable bonds is 6. The summed E-state index contributed by atoms with van der Waals surface area (Å²) in [7, 11) is 0. The molecule has 0 aliphatic rings. The third-order valence-electron chi connectivity index (χ3n) is 3.27. The number of thiazole rings is 1. The Kier molecular flexibility index (Phi) is 4.96. The van der Waals surface area contributed by atoms with E-state index in [1.165, 1.54) is 23.1 Å². The van der Waals surface area contributed by atoms with E-state index in [0.29, 0.717) is 17.5 Å². The van der Waals surface area contributed by atoms with Gasteiger partial charge >= 0.3 is 0 Å². The van der Waals surface area contributed by atoms with Crippen molar-refractivity contribution < 1.29 is 9.32 Å². The number of carbonyl (C=O) groups excluding carboxylic acids is 1. The lowest BCUT2D eigenvalue weighted by Crippen LogP contribution is -2.13. The predicted octanol–water partition coefficient (Wildman–Crippen LogP) is 3.13. The summed E-state index contributed by atoms with van der Waals surface area (Å²) in [6.45, 7) is 3.90. The topological polar surface area (TPSA) is 94.9 Å². The fraction of sp³-hybridized carbons (Fsp3) is 0.250. The fourth-order valence-corrected chi connectivity index (χ4v) is 4.21. The summed E-state index contributed by atoms with van der Waals surface area (Å²) in [5, 5.41) is 4.01. The largest absolute Gasteiger partial charge is 0.369 e. The van der Waals surface area contributed by atoms with Gasteiger partial charge < -0.3 is 10.3 Å². The Morgan fingerprint density at radius 3 is 2.92 bits per heavy atom. The molecule has 0 spiro atoms. The molecule has 0 bridgehead atoms. The first-order valence-electron chi connectivity index (χ1n) is 7.28. The van der Waals surface area contributed by atoms with E-state index in [1.807, 2.05) is 38.1 Å². The zero-order valence-electron chi connectivity index (χ0n) is 13.3. The van der Waals surface area contributed by atoms with E-state index in [1.54, 1.807) is 0 Å². The highest BCUT2D eigenvalue weighted by Crippen LogP contribution is 2.30. The number of nitrogens with two attached hydrogens (primary N) is 1. The van der Waals surface area contributed by atoms with Crippen LogP contribution < -0.4 is 5.73 Å². The van der Waals surface area contributed by atoms with Crippen molar-refractivity contribution in [2.45, 2.75) is 30.4 Å². The Balaban J connectivity index is 1.66. The van der Waals surface area contributed by atoms with Crippen molar-refractivity contribution in [1.82, 2.24) is 15.1 Å². The van der Waals surface area contributed by atoms with E-state index < -0.39 is 0 Å². The van der Waals surface area contributed by atoms with Gasteiger partial charge in [-0.25, -0.2) is 4.98 Å². The lowest BCUT2D eigenvalue weighted by atomic mass is 10.1. The van der Waals surface area contributed by atoms with Crippen LogP contribution in [0.4, 0.5) is 0 Å². The molecule has 24 heavy (non-hydrogen) atoms. The lowest BCUT2D eigenvalue weighted by molar-refractivity contribution is -0.117. The summed E-state index contributed by atoms with van der Waals surface area (Å²) in [5.74, 6) is 1.33. The molecule has 0 fully saturated rings. The van der Waals surface area contributed by atoms with Crippen LogP contribution in [0, 0.1) is 13.8 Å². The number of thioether (sulfide) groups is 1. The Bertz CT molecular complexity index is 873. The molecule has 0 aliphatic carbocycles. The smallest absolute Gasteiger partial charge is 0.257 e. The van der Waals surface area contributed by atoms with Gasteiger partial charge in [-0.1, -0.05) is 34.6 Å². The molecule has 3 aromatic rings. The van der Waals surface area contributed by atoms with Crippen LogP contribution >= 0.6 is 23.1 Å². The Hall–Kier alpha value is -2.19. The Morgan fingerprint density at radius 1 is 1.33 bits per heavy atom. The number of primary amides is 1. The molecule has 0 aliphatic heterocycles. The molecular weight excluding hydrogens is 344 g/mol. The van der Waals surface area contributed by atoms with Gasteiger partial charge in [0, 0.05) is 10.4 Å². The Morgan fingerprint density at radius 2 is 2.17 bits per heavy atom. The normalized spacial score (nSPS) is 10.9. The van der Waals surface area contributed by atoms with Gasteiger partial charge in [0.15, 0.2) is 10.2 Å². The summed E-state index contributed by atoms with van der Waals surface area (Å²) < 4.78 is 6.19. The van der Waals surface area contributed by atoms with Gasteiger partial charge in [0.25, 0.3) is 5.89 Å². The number of amides is 1. The highest BCUT2D eigenvalue weighted by Gasteiger charge is 2.13. The number of benzene rings is 1. The average Bonchev–Trinajstić information content (AvgIpc) is 3.12. The van der Waals surface area contributed by atoms with Crippen molar-refractivity contribution in [1.29, 1.82) is 0 Å². The first-order valence-corrected chi connectivity index (χ1v) is 9.08. The van der Waals surface area contributed by atoms with E-state index in [9.17, 15) is 4.79 Å². The van der Waals surface area contributed by atoms with Crippen LogP contribution in [0.3, 0.4) is 0 Å². The van der Waals surface area contributed by atoms with Gasteiger partial charge in [0.2, 0.25) is 5.91 Å². The van der Waals surface area contributed by atoms with E-state index >= 15 is 0 Å². The molecule has 0 saturated heterocycles. The number of hydrogen-bond donors (Lipinski definition) is 1. The predicted molar refractivity (Wildman–Crippen MR) is 93.8 cm³/mol. The monoisotopic (exact) mass is 360 g/mol. The molecule has 0 radical (unpaired) electrons. The van der Waals surface area contributed by atoms with Crippen LogP contribution in [0.1, 0.15) is 22.0 Å². The van der Waals surface area contributed by atoms with E-state index in [2.05, 4.69) is 15.1 Å². The van der Waals surface area contributed by atoms with Crippen LogP contribution in [-0.4, -0.2) is 21.0 Å². The second kappa shape index (κ2) is 7.14. The molecular formula is C16H16N4O2S2. The standard InChI is InChI=1S/C16H16N4O2S2/c1-9-4-3-5-11(6-9)15-19-14(20-22-15)8-23-16-18-10(2)12(24-16)7-13(17)21/h3-6H,7-8H2,1-2H3,(H2,17,21). The molecule has 6 nitrogen and oxygen atoms in total. The van der Waals surface area contributed by atoms with Gasteiger partial charge in [-0.15, -0.1) is 11.3 Å². The highest BCUT2D eigenvalue weighted by molar-refractivity contribution is 8.00. The SMILES string of the molecule is Cc1cccc(-c2nc(CSc3nc(C)c(CC(N)=O)s3)no2)c1. The van der Waals surface area contributed by atoms with Gasteiger partial charge in [-0.2, -0.15) is 4.98 Å². The summed E-state index contributed by atoms with van der Waals surface area (Å²) in [4.78, 5) is 20.8. The van der Waals surface area contributed by atoms with Crippen molar-refractivity contribution in [2.75, 3.05) is 0 Å². The van der Waals surface area contributed by atoms with Gasteiger partial charge in [0.05, 0.1) is 17.9 Å². The van der Waals surface area contributed by atoms with E-state index in [-0.39, 0.29) is 12.3 Å². The van der Waals surface area contributed by atoms with Crippen LogP contribution in [0.25, 0.3) is 11.5 Å². The van der Waals surface area contributed by atoms with Gasteiger partial charge in [-0.05, 0) is 26.0 Å². The van der Waals surface area contributed by atoms with Gasteiger partial charge in [0.1, 0.15) is 0 Å². The molecule has 0 atom stereocenters. The second-order valence-corrected chi connectivity index (χ2v) is 7.61. The maximum absolute atomic E-state index is 11.0. The van der Waals surface area contributed by atoms with E-state index in [4.69, 9.17) is 10.3 Å². The summed E-state index contributed by atoms with van der Waals surface area (Å²) in [5.41, 5.74) is 8.13. The molecule has 3 rings (SSSR count). The third-order valence-corrected chi connectivity index (χ3v) is 5.56. The molecule has 0 saturated carbocycles. The van der Waals surface area contributed by atoms with Crippen molar-refractivity contribution in [3.8, 4) is 11.5 Å². The summed E-state index contributed by atoms with van der Waals surface area (Å²) >= 11 is 2.99. The molecule has 124 valence electrons. The van der Waals surface area contributed by atoms with Crippen molar-refractivity contribution in [3.63, 3.8) is 0 Å². The molecule has 2 N–H and O–H groups in total. The minimum atomic E-state index is -0.348. The zero-order chi connectivity index (χ0) is 17.1. The van der Waals surface area contributed by atoms with Crippen molar-refractivity contribution in [3.05, 3.63) is 46.2 Å². The second-order valence-electron chi connectivity index (χ2n) is 5.31. The molecule has 2 heterocycles. The number of hydrogen-bond acceptors (Lipinski definition) is 7. The van der Waals surface area contributed by atoms with Crippen LogP contribution in [0.5, 0.6) is 0 Å². The molecule has 0 unspecified atom stereocenters. The first-order chi connectivity index (χ1) is 11.5. The maximum atomic E-state index is 11.0. The lowest BCUT2D eigenvalue weighted by Gasteiger charge is -1.95. The number of aromatic nitrogens is 3. The molecule has 8 heteroatoms. The van der Waals surface area contributed by atoms with Crippen LogP contribution in [-0.2, 0) is 17.0 Å². The number of aryl methyl sites for hydroxylation is 2. The van der Waals surface area contributed by atoms with Crippen molar-refractivity contribution >= 4 is 29.0 Å². The molecule has 1 amide bonds. The number of nitrogens with zero attached hydrogens (tertiary/aromatic N) is 3. The minimum absolute atomic E-state index is 0.226. The third kappa shape index (κ3) is 4.01. The van der Waals surface area contributed by atoms with Crippen LogP contribution in [0.2, 0.25) is 0 Å². The maximum Gasteiger partial charge on any atom is 0.257 e. The Labute approximate surface area is 147 Å². The summed E-state index contributed by atoms with van der Waals surface area (Å²) in [6.07, 6.45) is 0.226. The van der Waals surface area contributed by atoms with E-state index in [0.717, 1.165) is 26.0 Å². The highest BCUT2D eigenvalue weighted by atomic mass is 32.2. The number of carbonyl (C=O) groups is 1. The van der Waals surface area contributed by atoms with Crippen molar-refractivity contribution in [2.24, 2.45) is 5.73 Å². The summed E-state index contributed by atoms with van der Waals surface area (Å²) in [6, 6.07) is 7.93. The molecule has 2 aromatic heterocycles. The van der Waals surface area contributed by atoms with Crippen LogP contribution in [0.15, 0.2) is 33.1 Å². The minimum Gasteiger partial charge on any atom is -0.369 e. The molecule has 1 aromatic carbocycles.